The van der Waals surface area contributed by atoms with E-state index in [-0.39, 0.29) is 5.91 Å². The van der Waals surface area contributed by atoms with E-state index in [0.717, 1.165) is 52.0 Å². The zero-order valence-corrected chi connectivity index (χ0v) is 14.0. The first-order valence-corrected chi connectivity index (χ1v) is 9.06. The van der Waals surface area contributed by atoms with Gasteiger partial charge in [-0.05, 0) is 56.8 Å². The van der Waals surface area contributed by atoms with Gasteiger partial charge in [0.05, 0.1) is 0 Å². The SMILES string of the molecule is O=C(CC1CCNCC1)NC1CCCN(Cc2ccccc2)C1. The van der Waals surface area contributed by atoms with Crippen molar-refractivity contribution in [1.29, 1.82) is 0 Å². The lowest BCUT2D eigenvalue weighted by Crippen LogP contribution is -2.47. The largest absolute Gasteiger partial charge is 0.352 e. The average molecular weight is 315 g/mol. The van der Waals surface area contributed by atoms with Gasteiger partial charge in [-0.2, -0.15) is 0 Å². The number of likely N-dealkylation sites (tertiary alicyclic amines) is 1. The molecule has 1 unspecified atom stereocenters. The Balaban J connectivity index is 1.43. The minimum absolute atomic E-state index is 0.253. The van der Waals surface area contributed by atoms with Crippen molar-refractivity contribution >= 4 is 5.91 Å². The van der Waals surface area contributed by atoms with E-state index < -0.39 is 0 Å². The molecule has 4 nitrogen and oxygen atoms in total. The third kappa shape index (κ3) is 5.33. The number of carbonyl (C=O) groups is 1. The Kier molecular flexibility index (Phi) is 6.06. The molecule has 1 amide bonds. The minimum Gasteiger partial charge on any atom is -0.352 e. The van der Waals surface area contributed by atoms with Crippen LogP contribution in [0.25, 0.3) is 0 Å². The Morgan fingerprint density at radius 1 is 1.17 bits per heavy atom. The summed E-state index contributed by atoms with van der Waals surface area (Å²) in [6.45, 7) is 5.22. The number of nitrogens with zero attached hydrogens (tertiary/aromatic N) is 1. The van der Waals surface area contributed by atoms with Gasteiger partial charge in [0.25, 0.3) is 0 Å². The van der Waals surface area contributed by atoms with Crippen molar-refractivity contribution in [3.63, 3.8) is 0 Å². The molecule has 0 saturated carbocycles. The second kappa shape index (κ2) is 8.46. The summed E-state index contributed by atoms with van der Waals surface area (Å²) in [6.07, 6.45) is 5.27. The summed E-state index contributed by atoms with van der Waals surface area (Å²) in [5, 5.41) is 6.64. The number of hydrogen-bond donors (Lipinski definition) is 2. The Morgan fingerprint density at radius 2 is 1.96 bits per heavy atom. The van der Waals surface area contributed by atoms with Gasteiger partial charge in [0, 0.05) is 25.6 Å². The second-order valence-electron chi connectivity index (χ2n) is 7.02. The number of rotatable bonds is 5. The highest BCUT2D eigenvalue weighted by atomic mass is 16.1. The fourth-order valence-corrected chi connectivity index (χ4v) is 3.79. The van der Waals surface area contributed by atoms with E-state index in [0.29, 0.717) is 18.4 Å². The Bertz CT molecular complexity index is 485. The first kappa shape index (κ1) is 16.5. The maximum atomic E-state index is 12.3. The van der Waals surface area contributed by atoms with Gasteiger partial charge in [-0.25, -0.2) is 0 Å². The maximum Gasteiger partial charge on any atom is 0.220 e. The fraction of sp³-hybridized carbons (Fsp3) is 0.632. The monoisotopic (exact) mass is 315 g/mol. The third-order valence-electron chi connectivity index (χ3n) is 5.05. The number of benzene rings is 1. The average Bonchev–Trinajstić information content (AvgIpc) is 2.57. The van der Waals surface area contributed by atoms with Crippen molar-refractivity contribution in [3.8, 4) is 0 Å². The summed E-state index contributed by atoms with van der Waals surface area (Å²) in [4.78, 5) is 14.8. The van der Waals surface area contributed by atoms with Crippen LogP contribution in [0, 0.1) is 5.92 Å². The molecule has 4 heteroatoms. The summed E-state index contributed by atoms with van der Waals surface area (Å²) >= 11 is 0. The first-order valence-electron chi connectivity index (χ1n) is 9.06. The standard InChI is InChI=1S/C19H29N3O/c23-19(13-16-8-10-20-11-9-16)21-18-7-4-12-22(15-18)14-17-5-2-1-3-6-17/h1-3,5-6,16,18,20H,4,7-15H2,(H,21,23). The van der Waals surface area contributed by atoms with Crippen LogP contribution in [0.2, 0.25) is 0 Å². The van der Waals surface area contributed by atoms with E-state index in [1.165, 1.54) is 12.0 Å². The predicted molar refractivity (Wildman–Crippen MR) is 93.1 cm³/mol. The molecule has 3 rings (SSSR count). The number of nitrogens with one attached hydrogen (secondary N) is 2. The van der Waals surface area contributed by atoms with E-state index in [4.69, 9.17) is 0 Å². The molecule has 1 aromatic rings. The van der Waals surface area contributed by atoms with Crippen LogP contribution in [0.5, 0.6) is 0 Å². The lowest BCUT2D eigenvalue weighted by atomic mass is 9.94. The molecule has 2 aliphatic heterocycles. The van der Waals surface area contributed by atoms with E-state index in [9.17, 15) is 4.79 Å². The molecule has 1 aromatic carbocycles. The topological polar surface area (TPSA) is 44.4 Å². The summed E-state index contributed by atoms with van der Waals surface area (Å²) < 4.78 is 0. The highest BCUT2D eigenvalue weighted by Crippen LogP contribution is 2.17. The van der Waals surface area contributed by atoms with Crippen LogP contribution in [0.3, 0.4) is 0 Å². The van der Waals surface area contributed by atoms with Crippen LogP contribution < -0.4 is 10.6 Å². The van der Waals surface area contributed by atoms with Gasteiger partial charge in [-0.3, -0.25) is 9.69 Å². The molecule has 0 aromatic heterocycles. The summed E-state index contributed by atoms with van der Waals surface area (Å²) in [5.74, 6) is 0.823. The molecule has 1 atom stereocenters. The molecule has 0 bridgehead atoms. The lowest BCUT2D eigenvalue weighted by Gasteiger charge is -2.33. The molecule has 0 radical (unpaired) electrons. The molecule has 2 heterocycles. The molecular formula is C19H29N3O. The van der Waals surface area contributed by atoms with Crippen LogP contribution in [-0.4, -0.2) is 43.0 Å². The lowest BCUT2D eigenvalue weighted by molar-refractivity contribution is -0.123. The van der Waals surface area contributed by atoms with Gasteiger partial charge in [0.1, 0.15) is 0 Å². The van der Waals surface area contributed by atoms with Gasteiger partial charge in [0.2, 0.25) is 5.91 Å². The smallest absolute Gasteiger partial charge is 0.220 e. The zero-order valence-electron chi connectivity index (χ0n) is 14.0. The van der Waals surface area contributed by atoms with Crippen LogP contribution in [0.15, 0.2) is 30.3 Å². The Morgan fingerprint density at radius 3 is 2.74 bits per heavy atom. The van der Waals surface area contributed by atoms with Crippen molar-refractivity contribution in [3.05, 3.63) is 35.9 Å². The Hall–Kier alpha value is -1.39. The molecular weight excluding hydrogens is 286 g/mol. The van der Waals surface area contributed by atoms with Crippen LogP contribution in [0.1, 0.15) is 37.7 Å². The molecule has 2 saturated heterocycles. The minimum atomic E-state index is 0.253. The van der Waals surface area contributed by atoms with E-state index in [2.05, 4.69) is 45.9 Å². The molecule has 2 aliphatic rings. The molecule has 2 N–H and O–H groups in total. The number of carbonyl (C=O) groups excluding carboxylic acids is 1. The maximum absolute atomic E-state index is 12.3. The summed E-state index contributed by atoms with van der Waals surface area (Å²) in [5.41, 5.74) is 1.36. The van der Waals surface area contributed by atoms with Crippen molar-refractivity contribution in [1.82, 2.24) is 15.5 Å². The number of amides is 1. The fourth-order valence-electron chi connectivity index (χ4n) is 3.79. The number of hydrogen-bond acceptors (Lipinski definition) is 3. The van der Waals surface area contributed by atoms with Crippen molar-refractivity contribution in [2.75, 3.05) is 26.2 Å². The van der Waals surface area contributed by atoms with E-state index in [1.807, 2.05) is 0 Å². The van der Waals surface area contributed by atoms with Gasteiger partial charge in [0.15, 0.2) is 0 Å². The predicted octanol–water partition coefficient (Wildman–Crippen LogP) is 2.16. The zero-order chi connectivity index (χ0) is 15.9. The van der Waals surface area contributed by atoms with Gasteiger partial charge in [-0.15, -0.1) is 0 Å². The molecule has 23 heavy (non-hydrogen) atoms. The van der Waals surface area contributed by atoms with E-state index in [1.54, 1.807) is 0 Å². The summed E-state index contributed by atoms with van der Waals surface area (Å²) in [7, 11) is 0. The second-order valence-corrected chi connectivity index (χ2v) is 7.02. The normalized spacial score (nSPS) is 23.6. The van der Waals surface area contributed by atoms with Crippen molar-refractivity contribution in [2.45, 2.75) is 44.7 Å². The number of piperidine rings is 2. The molecule has 0 aliphatic carbocycles. The Labute approximate surface area is 139 Å². The highest BCUT2D eigenvalue weighted by Gasteiger charge is 2.23. The van der Waals surface area contributed by atoms with Crippen molar-refractivity contribution < 1.29 is 4.79 Å². The van der Waals surface area contributed by atoms with E-state index >= 15 is 0 Å². The molecule has 2 fully saturated rings. The van der Waals surface area contributed by atoms with Crippen LogP contribution >= 0.6 is 0 Å². The van der Waals surface area contributed by atoms with Gasteiger partial charge >= 0.3 is 0 Å². The molecule has 126 valence electrons. The first-order chi connectivity index (χ1) is 11.3. The molecule has 0 spiro atoms. The van der Waals surface area contributed by atoms with Crippen LogP contribution in [0.4, 0.5) is 0 Å². The van der Waals surface area contributed by atoms with Crippen LogP contribution in [-0.2, 0) is 11.3 Å². The highest BCUT2D eigenvalue weighted by molar-refractivity contribution is 5.76. The quantitative estimate of drug-likeness (QED) is 0.875. The van der Waals surface area contributed by atoms with Gasteiger partial charge < -0.3 is 10.6 Å². The third-order valence-corrected chi connectivity index (χ3v) is 5.05. The van der Waals surface area contributed by atoms with Gasteiger partial charge in [-0.1, -0.05) is 30.3 Å². The van der Waals surface area contributed by atoms with Crippen molar-refractivity contribution in [2.24, 2.45) is 5.92 Å². The summed E-state index contributed by atoms with van der Waals surface area (Å²) in [6, 6.07) is 10.9.